The van der Waals surface area contributed by atoms with Gasteiger partial charge in [-0.25, -0.2) is 14.2 Å². The Labute approximate surface area is 154 Å². The average Bonchev–Trinajstić information content (AvgIpc) is 3.31. The second kappa shape index (κ2) is 7.03. The van der Waals surface area contributed by atoms with Gasteiger partial charge in [0.25, 0.3) is 0 Å². The molecule has 3 heterocycles. The molecule has 2 aromatic heterocycles. The number of hydrogen-bond donors (Lipinski definition) is 1. The number of carbonyl (C=O) groups excluding carboxylic acids is 1. The molecule has 6 nitrogen and oxygen atoms in total. The van der Waals surface area contributed by atoms with Crippen LogP contribution >= 0.6 is 11.3 Å². The van der Waals surface area contributed by atoms with Gasteiger partial charge in [0.15, 0.2) is 5.58 Å². The number of benzene rings is 1. The summed E-state index contributed by atoms with van der Waals surface area (Å²) in [6.45, 7) is 3.23. The van der Waals surface area contributed by atoms with Gasteiger partial charge in [-0.05, 0) is 31.9 Å². The third-order valence-corrected chi connectivity index (χ3v) is 5.75. The largest absolute Gasteiger partial charge is 0.356 e. The molecule has 8 heteroatoms. The van der Waals surface area contributed by atoms with E-state index in [1.54, 1.807) is 12.3 Å². The van der Waals surface area contributed by atoms with Crippen molar-refractivity contribution in [3.63, 3.8) is 0 Å². The molecular weight excluding hydrogens is 355 g/mol. The molecule has 26 heavy (non-hydrogen) atoms. The second-order valence-electron chi connectivity index (χ2n) is 6.51. The quantitative estimate of drug-likeness (QED) is 0.750. The van der Waals surface area contributed by atoms with Crippen molar-refractivity contribution < 1.29 is 13.7 Å². The zero-order chi connectivity index (χ0) is 18.1. The van der Waals surface area contributed by atoms with Gasteiger partial charge in [-0.1, -0.05) is 5.16 Å². The fraction of sp³-hybridized carbons (Fsp3) is 0.389. The number of fused-ring (bicyclic) bond motifs is 1. The smallest absolute Gasteiger partial charge is 0.317 e. The lowest BCUT2D eigenvalue weighted by atomic mass is 9.92. The van der Waals surface area contributed by atoms with Crippen molar-refractivity contribution in [3.8, 4) is 0 Å². The molecule has 0 spiro atoms. The number of carbonyl (C=O) groups is 1. The first-order chi connectivity index (χ1) is 12.6. The minimum atomic E-state index is -0.332. The summed E-state index contributed by atoms with van der Waals surface area (Å²) in [6.07, 6.45) is 3.35. The van der Waals surface area contributed by atoms with Crippen molar-refractivity contribution in [2.75, 3.05) is 13.1 Å². The zero-order valence-electron chi connectivity index (χ0n) is 14.3. The van der Waals surface area contributed by atoms with Crippen LogP contribution in [-0.4, -0.2) is 34.2 Å². The van der Waals surface area contributed by atoms with Crippen LogP contribution in [0.25, 0.3) is 11.0 Å². The minimum absolute atomic E-state index is 0.0711. The highest BCUT2D eigenvalue weighted by Gasteiger charge is 2.28. The van der Waals surface area contributed by atoms with Gasteiger partial charge in [0, 0.05) is 42.0 Å². The number of halogens is 1. The summed E-state index contributed by atoms with van der Waals surface area (Å²) in [5.74, 6) is -0.122. The van der Waals surface area contributed by atoms with Crippen molar-refractivity contribution >= 4 is 28.3 Å². The molecule has 1 saturated heterocycles. The Morgan fingerprint density at radius 1 is 1.42 bits per heavy atom. The Morgan fingerprint density at radius 2 is 2.23 bits per heavy atom. The van der Waals surface area contributed by atoms with Crippen molar-refractivity contribution in [2.24, 2.45) is 0 Å². The first-order valence-electron chi connectivity index (χ1n) is 8.61. The summed E-state index contributed by atoms with van der Waals surface area (Å²) >= 11 is 1.53. The number of rotatable bonds is 3. The molecule has 0 bridgehead atoms. The van der Waals surface area contributed by atoms with E-state index < -0.39 is 0 Å². The molecule has 0 unspecified atom stereocenters. The van der Waals surface area contributed by atoms with Crippen LogP contribution in [0, 0.1) is 5.82 Å². The average molecular weight is 374 g/mol. The fourth-order valence-electron chi connectivity index (χ4n) is 3.37. The van der Waals surface area contributed by atoms with Crippen LogP contribution in [0.15, 0.2) is 34.3 Å². The number of likely N-dealkylation sites (tertiary alicyclic amines) is 1. The summed E-state index contributed by atoms with van der Waals surface area (Å²) in [4.78, 5) is 18.5. The molecule has 0 aliphatic carbocycles. The van der Waals surface area contributed by atoms with Gasteiger partial charge in [0.05, 0.1) is 11.7 Å². The molecule has 1 N–H and O–H groups in total. The predicted octanol–water partition coefficient (Wildman–Crippen LogP) is 4.07. The third kappa shape index (κ3) is 3.29. The van der Waals surface area contributed by atoms with E-state index in [-0.39, 0.29) is 23.8 Å². The first-order valence-corrected chi connectivity index (χ1v) is 9.49. The molecule has 0 saturated carbocycles. The van der Waals surface area contributed by atoms with E-state index in [0.717, 1.165) is 28.9 Å². The van der Waals surface area contributed by atoms with Crippen molar-refractivity contribution in [3.05, 3.63) is 46.3 Å². The van der Waals surface area contributed by atoms with Gasteiger partial charge in [0.2, 0.25) is 0 Å². The summed E-state index contributed by atoms with van der Waals surface area (Å²) in [5.41, 5.74) is 1.33. The molecule has 4 rings (SSSR count). The molecule has 1 aromatic carbocycles. The Balaban J connectivity index is 1.38. The SMILES string of the molecule is C[C@H](NC(=O)N1CCC(c2noc3cc(F)ccc23)CC1)c1nccs1. The summed E-state index contributed by atoms with van der Waals surface area (Å²) in [5, 5.41) is 10.8. The zero-order valence-corrected chi connectivity index (χ0v) is 15.1. The Morgan fingerprint density at radius 3 is 2.96 bits per heavy atom. The highest BCUT2D eigenvalue weighted by atomic mass is 32.1. The number of hydrogen-bond acceptors (Lipinski definition) is 5. The summed E-state index contributed by atoms with van der Waals surface area (Å²) in [6, 6.07) is 4.32. The predicted molar refractivity (Wildman–Crippen MR) is 96.6 cm³/mol. The Kier molecular flexibility index (Phi) is 4.58. The second-order valence-corrected chi connectivity index (χ2v) is 7.44. The van der Waals surface area contributed by atoms with E-state index in [1.165, 1.54) is 23.5 Å². The number of amides is 2. The standard InChI is InChI=1S/C18H19FN4O2S/c1-11(17-20-6-9-26-17)21-18(24)23-7-4-12(5-8-23)16-14-3-2-13(19)10-15(14)25-22-16/h2-3,6,9-12H,4-5,7-8H2,1H3,(H,21,24)/t11-/m0/s1. The monoisotopic (exact) mass is 374 g/mol. The highest BCUT2D eigenvalue weighted by molar-refractivity contribution is 7.09. The number of thiazole rings is 1. The van der Waals surface area contributed by atoms with E-state index in [1.807, 2.05) is 17.2 Å². The maximum absolute atomic E-state index is 13.3. The number of urea groups is 1. The molecule has 1 aliphatic heterocycles. The lowest BCUT2D eigenvalue weighted by molar-refractivity contribution is 0.177. The van der Waals surface area contributed by atoms with E-state index in [0.29, 0.717) is 18.7 Å². The number of piperidine rings is 1. The van der Waals surface area contributed by atoms with Gasteiger partial charge < -0.3 is 14.7 Å². The van der Waals surface area contributed by atoms with Gasteiger partial charge >= 0.3 is 6.03 Å². The molecule has 1 atom stereocenters. The number of nitrogens with zero attached hydrogens (tertiary/aromatic N) is 3. The summed E-state index contributed by atoms with van der Waals surface area (Å²) < 4.78 is 18.6. The van der Waals surface area contributed by atoms with Gasteiger partial charge in [0.1, 0.15) is 10.8 Å². The number of aromatic nitrogens is 2. The van der Waals surface area contributed by atoms with E-state index >= 15 is 0 Å². The first kappa shape index (κ1) is 17.0. The van der Waals surface area contributed by atoms with E-state index in [4.69, 9.17) is 4.52 Å². The topological polar surface area (TPSA) is 71.3 Å². The van der Waals surface area contributed by atoms with Crippen LogP contribution in [0.1, 0.15) is 42.4 Å². The van der Waals surface area contributed by atoms with E-state index in [9.17, 15) is 9.18 Å². The third-order valence-electron chi connectivity index (χ3n) is 4.79. The van der Waals surface area contributed by atoms with Crippen molar-refractivity contribution in [1.82, 2.24) is 20.4 Å². The van der Waals surface area contributed by atoms with Crippen LogP contribution in [0.5, 0.6) is 0 Å². The Bertz CT molecular complexity index is 903. The molecule has 3 aromatic rings. The molecular formula is C18H19FN4O2S. The highest BCUT2D eigenvalue weighted by Crippen LogP contribution is 2.32. The molecule has 136 valence electrons. The maximum atomic E-state index is 13.3. The van der Waals surface area contributed by atoms with Gasteiger partial charge in [-0.15, -0.1) is 11.3 Å². The van der Waals surface area contributed by atoms with Crippen LogP contribution in [-0.2, 0) is 0 Å². The van der Waals surface area contributed by atoms with Crippen molar-refractivity contribution in [1.29, 1.82) is 0 Å². The summed E-state index contributed by atoms with van der Waals surface area (Å²) in [7, 11) is 0. The van der Waals surface area contributed by atoms with E-state index in [2.05, 4.69) is 15.5 Å². The normalized spacial score (nSPS) is 16.8. The molecule has 0 radical (unpaired) electrons. The van der Waals surface area contributed by atoms with Crippen LogP contribution < -0.4 is 5.32 Å². The minimum Gasteiger partial charge on any atom is -0.356 e. The van der Waals surface area contributed by atoms with Crippen molar-refractivity contribution in [2.45, 2.75) is 31.7 Å². The van der Waals surface area contributed by atoms with Crippen LogP contribution in [0.4, 0.5) is 9.18 Å². The van der Waals surface area contributed by atoms with Gasteiger partial charge in [-0.2, -0.15) is 0 Å². The van der Waals surface area contributed by atoms with Gasteiger partial charge in [-0.3, -0.25) is 0 Å². The maximum Gasteiger partial charge on any atom is 0.317 e. The van der Waals surface area contributed by atoms with Crippen LogP contribution in [0.2, 0.25) is 0 Å². The lowest BCUT2D eigenvalue weighted by Gasteiger charge is -2.32. The lowest BCUT2D eigenvalue weighted by Crippen LogP contribution is -2.44. The fourth-order valence-corrected chi connectivity index (χ4v) is 4.01. The number of nitrogens with one attached hydrogen (secondary N) is 1. The van der Waals surface area contributed by atoms with Crippen LogP contribution in [0.3, 0.4) is 0 Å². The molecule has 1 aliphatic rings. The molecule has 1 fully saturated rings. The Hall–Kier alpha value is -2.48. The molecule has 2 amide bonds.